The molecule has 1 heterocycles. The lowest BCUT2D eigenvalue weighted by atomic mass is 10.1. The third-order valence-electron chi connectivity index (χ3n) is 2.80. The van der Waals surface area contributed by atoms with Gasteiger partial charge in [0, 0.05) is 18.7 Å². The number of hydrogen-bond donors (Lipinski definition) is 1. The van der Waals surface area contributed by atoms with Gasteiger partial charge in [-0.2, -0.15) is 0 Å². The van der Waals surface area contributed by atoms with E-state index >= 15 is 0 Å². The Hall–Kier alpha value is -1.13. The molecule has 2 atom stereocenters. The molecule has 0 radical (unpaired) electrons. The van der Waals surface area contributed by atoms with Crippen molar-refractivity contribution in [3.8, 4) is 5.75 Å². The van der Waals surface area contributed by atoms with Gasteiger partial charge in [-0.3, -0.25) is 0 Å². The summed E-state index contributed by atoms with van der Waals surface area (Å²) in [5.74, 6) is 0.249. The predicted molar refractivity (Wildman–Crippen MR) is 71.4 cm³/mol. The zero-order valence-corrected chi connectivity index (χ0v) is 10.9. The number of nitrogens with zero attached hydrogens (tertiary/aromatic N) is 1. The Kier molecular flexibility index (Phi) is 3.64. The Morgan fingerprint density at radius 2 is 2.00 bits per heavy atom. The summed E-state index contributed by atoms with van der Waals surface area (Å²) < 4.78 is 5.68. The molecule has 1 N–H and O–H groups in total. The van der Waals surface area contributed by atoms with Crippen molar-refractivity contribution in [1.82, 2.24) is 4.90 Å². The van der Waals surface area contributed by atoms with Crippen LogP contribution in [0.15, 0.2) is 24.3 Å². The predicted octanol–water partition coefficient (Wildman–Crippen LogP) is 2.18. The molecule has 0 bridgehead atoms. The summed E-state index contributed by atoms with van der Waals surface area (Å²) in [4.78, 5) is 2.92. The molecule has 17 heavy (non-hydrogen) atoms. The van der Waals surface area contributed by atoms with Gasteiger partial charge in [-0.05, 0) is 26.0 Å². The minimum absolute atomic E-state index is 0.189. The van der Waals surface area contributed by atoms with Gasteiger partial charge in [-0.15, -0.1) is 0 Å². The van der Waals surface area contributed by atoms with Crippen LogP contribution in [0.4, 0.5) is 0 Å². The van der Waals surface area contributed by atoms with Crippen molar-refractivity contribution in [2.75, 3.05) is 13.1 Å². The van der Waals surface area contributed by atoms with E-state index in [1.54, 1.807) is 12.1 Å². The maximum Gasteiger partial charge on any atom is 0.116 e. The van der Waals surface area contributed by atoms with Gasteiger partial charge in [-0.1, -0.05) is 24.4 Å². The van der Waals surface area contributed by atoms with Gasteiger partial charge in [0.15, 0.2) is 0 Å². The number of phenols is 1. The zero-order chi connectivity index (χ0) is 12.4. The molecule has 0 spiro atoms. The number of rotatable bonds is 1. The fourth-order valence-electron chi connectivity index (χ4n) is 2.17. The standard InChI is InChI=1S/C13H17NO2S/c1-9-7-14(8-10(2)16-9)13(17)11-4-3-5-12(15)6-11/h3-6,9-10,15H,7-8H2,1-2H3/t9-,10+. The first-order valence-corrected chi connectivity index (χ1v) is 6.21. The minimum Gasteiger partial charge on any atom is -0.508 e. The number of morpholine rings is 1. The lowest BCUT2D eigenvalue weighted by molar-refractivity contribution is -0.0472. The zero-order valence-electron chi connectivity index (χ0n) is 10.1. The Morgan fingerprint density at radius 3 is 2.59 bits per heavy atom. The fourth-order valence-corrected chi connectivity index (χ4v) is 2.44. The summed E-state index contributed by atoms with van der Waals surface area (Å²) in [6.45, 7) is 5.71. The number of thiocarbonyl (C=S) groups is 1. The SMILES string of the molecule is C[C@@H]1CN(C(=S)c2cccc(O)c2)C[C@H](C)O1. The van der Waals surface area contributed by atoms with E-state index in [9.17, 15) is 5.11 Å². The first kappa shape index (κ1) is 12.3. The van der Waals surface area contributed by atoms with Gasteiger partial charge in [0.05, 0.1) is 12.2 Å². The van der Waals surface area contributed by atoms with Gasteiger partial charge in [0.2, 0.25) is 0 Å². The Balaban J connectivity index is 2.14. The molecular formula is C13H17NO2S. The lowest BCUT2D eigenvalue weighted by Gasteiger charge is -2.37. The summed E-state index contributed by atoms with van der Waals surface area (Å²) >= 11 is 5.47. The van der Waals surface area contributed by atoms with E-state index in [-0.39, 0.29) is 18.0 Å². The summed E-state index contributed by atoms with van der Waals surface area (Å²) in [6, 6.07) is 7.08. The molecule has 0 unspecified atom stereocenters. The number of phenolic OH excluding ortho intramolecular Hbond substituents is 1. The van der Waals surface area contributed by atoms with Crippen LogP contribution in [-0.2, 0) is 4.74 Å². The molecule has 0 aromatic heterocycles. The minimum atomic E-state index is 0.189. The van der Waals surface area contributed by atoms with Gasteiger partial charge in [0.1, 0.15) is 10.7 Å². The van der Waals surface area contributed by atoms with Crippen LogP contribution in [0.2, 0.25) is 0 Å². The number of aromatic hydroxyl groups is 1. The smallest absolute Gasteiger partial charge is 0.116 e. The van der Waals surface area contributed by atoms with Crippen molar-refractivity contribution >= 4 is 17.2 Å². The van der Waals surface area contributed by atoms with E-state index in [1.165, 1.54) is 0 Å². The molecule has 1 aromatic rings. The van der Waals surface area contributed by atoms with E-state index < -0.39 is 0 Å². The van der Waals surface area contributed by atoms with Crippen LogP contribution in [0, 0.1) is 0 Å². The van der Waals surface area contributed by atoms with Gasteiger partial charge < -0.3 is 14.7 Å². The van der Waals surface area contributed by atoms with E-state index in [2.05, 4.69) is 4.90 Å². The molecule has 0 saturated carbocycles. The van der Waals surface area contributed by atoms with Crippen molar-refractivity contribution < 1.29 is 9.84 Å². The molecule has 1 saturated heterocycles. The summed E-state index contributed by atoms with van der Waals surface area (Å²) in [5, 5.41) is 9.46. The molecule has 1 aromatic carbocycles. The molecular weight excluding hydrogens is 234 g/mol. The van der Waals surface area contributed by atoms with Crippen LogP contribution >= 0.6 is 12.2 Å². The molecule has 4 heteroatoms. The molecule has 0 aliphatic carbocycles. The Morgan fingerprint density at radius 1 is 1.35 bits per heavy atom. The van der Waals surface area contributed by atoms with E-state index in [0.717, 1.165) is 23.6 Å². The Labute approximate surface area is 107 Å². The molecule has 1 fully saturated rings. The molecule has 0 amide bonds. The number of benzene rings is 1. The fraction of sp³-hybridized carbons (Fsp3) is 0.462. The van der Waals surface area contributed by atoms with E-state index in [1.807, 2.05) is 26.0 Å². The van der Waals surface area contributed by atoms with Crippen molar-refractivity contribution in [1.29, 1.82) is 0 Å². The normalized spacial score (nSPS) is 24.7. The van der Waals surface area contributed by atoms with E-state index in [0.29, 0.717) is 0 Å². The number of hydrogen-bond acceptors (Lipinski definition) is 3. The van der Waals surface area contributed by atoms with Crippen molar-refractivity contribution in [3.05, 3.63) is 29.8 Å². The third kappa shape index (κ3) is 2.96. The van der Waals surface area contributed by atoms with Crippen LogP contribution < -0.4 is 0 Å². The maximum absolute atomic E-state index is 9.46. The van der Waals surface area contributed by atoms with Gasteiger partial charge in [-0.25, -0.2) is 0 Å². The highest BCUT2D eigenvalue weighted by Gasteiger charge is 2.24. The van der Waals surface area contributed by atoms with Gasteiger partial charge >= 0.3 is 0 Å². The quantitative estimate of drug-likeness (QED) is 0.775. The third-order valence-corrected chi connectivity index (χ3v) is 3.29. The highest BCUT2D eigenvalue weighted by Crippen LogP contribution is 2.17. The molecule has 1 aliphatic rings. The van der Waals surface area contributed by atoms with E-state index in [4.69, 9.17) is 17.0 Å². The van der Waals surface area contributed by atoms with Crippen LogP contribution in [0.3, 0.4) is 0 Å². The first-order chi connectivity index (χ1) is 8.06. The average molecular weight is 251 g/mol. The van der Waals surface area contributed by atoms with Crippen LogP contribution in [0.1, 0.15) is 19.4 Å². The van der Waals surface area contributed by atoms with Crippen LogP contribution in [0.5, 0.6) is 5.75 Å². The highest BCUT2D eigenvalue weighted by molar-refractivity contribution is 7.80. The summed E-state index contributed by atoms with van der Waals surface area (Å²) in [5.41, 5.74) is 0.890. The highest BCUT2D eigenvalue weighted by atomic mass is 32.1. The maximum atomic E-state index is 9.46. The molecule has 3 nitrogen and oxygen atoms in total. The van der Waals surface area contributed by atoms with Crippen molar-refractivity contribution in [3.63, 3.8) is 0 Å². The summed E-state index contributed by atoms with van der Waals surface area (Å²) in [7, 11) is 0. The lowest BCUT2D eigenvalue weighted by Crippen LogP contribution is -2.47. The largest absolute Gasteiger partial charge is 0.508 e. The Bertz CT molecular complexity index is 412. The molecule has 1 aliphatic heterocycles. The second kappa shape index (κ2) is 5.02. The monoisotopic (exact) mass is 251 g/mol. The van der Waals surface area contributed by atoms with Gasteiger partial charge in [0.25, 0.3) is 0 Å². The molecule has 2 rings (SSSR count). The molecule has 92 valence electrons. The van der Waals surface area contributed by atoms with Crippen molar-refractivity contribution in [2.45, 2.75) is 26.1 Å². The van der Waals surface area contributed by atoms with Crippen molar-refractivity contribution in [2.24, 2.45) is 0 Å². The number of ether oxygens (including phenoxy) is 1. The van der Waals surface area contributed by atoms with Crippen LogP contribution in [0.25, 0.3) is 0 Å². The second-order valence-electron chi connectivity index (χ2n) is 4.52. The first-order valence-electron chi connectivity index (χ1n) is 5.80. The average Bonchev–Trinajstić information content (AvgIpc) is 2.26. The summed E-state index contributed by atoms with van der Waals surface area (Å²) in [6.07, 6.45) is 0.378. The van der Waals surface area contributed by atoms with Crippen LogP contribution in [-0.4, -0.2) is 40.3 Å². The topological polar surface area (TPSA) is 32.7 Å². The second-order valence-corrected chi connectivity index (χ2v) is 4.90.